The molecular weight excluding hydrogens is 1720 g/mol. The molecule has 31 nitrogen and oxygen atoms in total. The molecule has 5 N–H and O–H groups in total. The van der Waals surface area contributed by atoms with E-state index in [1.165, 1.54) is 24.0 Å². The third-order valence-corrected chi connectivity index (χ3v) is 29.7. The van der Waals surface area contributed by atoms with Crippen molar-refractivity contribution < 1.29 is 121 Å². The van der Waals surface area contributed by atoms with Gasteiger partial charge in [-0.3, -0.25) is 38.4 Å². The second-order valence-corrected chi connectivity index (χ2v) is 40.0. The summed E-state index contributed by atoms with van der Waals surface area (Å²) in [6.45, 7) is 25.5. The summed E-state index contributed by atoms with van der Waals surface area (Å²) in [5, 5.41) is 69.0. The van der Waals surface area contributed by atoms with Crippen molar-refractivity contribution in [2.45, 2.75) is 360 Å². The van der Waals surface area contributed by atoms with Crippen LogP contribution in [0.1, 0.15) is 257 Å². The number of amides is 2. The van der Waals surface area contributed by atoms with Crippen LogP contribution >= 0.6 is 0 Å². The van der Waals surface area contributed by atoms with E-state index in [4.69, 9.17) is 47.4 Å². The number of tetrazole rings is 1. The standard InChI is InChI=1S/C52H79N5O12.C51H79NO13/c1-31-16-12-11-13-17-32(2)43(65-8)28-39-21-19-37(7)52(64,69-39)49(61)50(62)56-23-15-14-18-41(56)51(63)68-44(34(4)26-38-20-22-40(45(27-38)66-9)57-30-53-54-55-57)29-42(58)33(3)25-36(6)47(60)48(67-10)46(59)35(5)24-31;1-30-16-12-11-13-17-31(2)42(61-8)28-38-21-19-36(7)51(60,65-38)48(57)49(58)52-23-15-14-18-39(52)50(59)64-43(33(4)26-37-20-22-40(53)44(27-37)62-9)29-41(54)32(3)25-35(6)46(56)47(63-10)45(55)34(5)24-30/h11-13,16-17,25,30-31,33-35,37-41,43-45,47-48,60,64H,14-15,18-24,26-29H2,1-10H3;11-13,16-17,25,30,32-34,36-40,42-44,46-47,53,56,60H,14-15,18-24,26-29H2,1-10H3/b13-11?,16-12+,32-17?,36-25+;13-11?,16-12+,31-17?,35-25+/t31-,33-,34-,35-,37-,38?,39+,40+,41?,43+,44+,45-,47-,48+,52-;30-,32-,33-,34-,36-,37?,38+,39?,40-,42+,43+,44-,46-,47+,51-/m11/s1. The van der Waals surface area contributed by atoms with Crippen LogP contribution in [-0.4, -0.2) is 273 Å². The molecule has 9 rings (SSSR count). The number of aromatic nitrogens is 4. The minimum absolute atomic E-state index is 0.0170. The van der Waals surface area contributed by atoms with Crippen molar-refractivity contribution in [3.63, 3.8) is 0 Å². The van der Waals surface area contributed by atoms with Gasteiger partial charge in [0.15, 0.2) is 11.6 Å². The summed E-state index contributed by atoms with van der Waals surface area (Å²) >= 11 is 0. The van der Waals surface area contributed by atoms with Crippen LogP contribution < -0.4 is 0 Å². The Morgan fingerprint density at radius 3 is 1.26 bits per heavy atom. The van der Waals surface area contributed by atoms with Gasteiger partial charge in [-0.25, -0.2) is 14.3 Å². The van der Waals surface area contributed by atoms with Gasteiger partial charge in [-0.05, 0) is 224 Å². The summed E-state index contributed by atoms with van der Waals surface area (Å²) < 4.78 is 60.9. The summed E-state index contributed by atoms with van der Waals surface area (Å²) in [5.41, 5.74) is 2.54. The molecule has 750 valence electrons. The van der Waals surface area contributed by atoms with Gasteiger partial charge in [-0.15, -0.1) is 5.10 Å². The fourth-order valence-electron chi connectivity index (χ4n) is 20.9. The van der Waals surface area contributed by atoms with Gasteiger partial charge in [0, 0.05) is 117 Å². The molecule has 1 aromatic heterocycles. The summed E-state index contributed by atoms with van der Waals surface area (Å²) in [7, 11) is 9.14. The van der Waals surface area contributed by atoms with Gasteiger partial charge in [-0.2, -0.15) is 0 Å². The fraction of sp³-hybridized carbons (Fsp3) is 0.738. The van der Waals surface area contributed by atoms with Crippen LogP contribution in [0.15, 0.2) is 102 Å². The maximum Gasteiger partial charge on any atom is 0.329 e. The normalized spacial score (nSPS) is 38.3. The molecule has 134 heavy (non-hydrogen) atoms. The van der Waals surface area contributed by atoms with E-state index in [1.54, 1.807) is 93.1 Å². The number of ether oxygens (including phenoxy) is 10. The van der Waals surface area contributed by atoms with Gasteiger partial charge in [0.25, 0.3) is 23.4 Å². The Kier molecular flexibility index (Phi) is 44.1. The van der Waals surface area contributed by atoms with Crippen LogP contribution in [0.25, 0.3) is 0 Å². The summed E-state index contributed by atoms with van der Waals surface area (Å²) in [6, 6.07) is -2.33. The molecule has 30 atom stereocenters. The van der Waals surface area contributed by atoms with E-state index in [0.29, 0.717) is 120 Å². The molecule has 0 radical (unpaired) electrons. The van der Waals surface area contributed by atoms with Crippen molar-refractivity contribution >= 4 is 58.5 Å². The van der Waals surface area contributed by atoms with Crippen molar-refractivity contribution in [1.82, 2.24) is 30.0 Å². The lowest BCUT2D eigenvalue weighted by Crippen LogP contribution is -2.61. The van der Waals surface area contributed by atoms with Crippen molar-refractivity contribution in [3.8, 4) is 0 Å². The molecule has 4 saturated heterocycles. The van der Waals surface area contributed by atoms with Gasteiger partial charge in [0.05, 0.1) is 48.8 Å². The molecule has 4 bridgehead atoms. The second kappa shape index (κ2) is 53.0. The molecule has 8 aliphatic rings. The van der Waals surface area contributed by atoms with Gasteiger partial charge in [0.1, 0.15) is 66.6 Å². The zero-order chi connectivity index (χ0) is 98.8. The molecule has 2 saturated carbocycles. The number of rotatable bonds is 13. The minimum atomic E-state index is -2.43. The molecule has 1 aromatic rings. The Balaban J connectivity index is 0.000000330. The average molecular weight is 1880 g/mol. The number of allylic oxidation sites excluding steroid dienone is 12. The third kappa shape index (κ3) is 30.0. The molecule has 4 unspecified atom stereocenters. The largest absolute Gasteiger partial charge is 0.460 e. The van der Waals surface area contributed by atoms with Crippen LogP contribution in [0.4, 0.5) is 0 Å². The van der Waals surface area contributed by atoms with E-state index in [2.05, 4.69) is 15.5 Å². The molecule has 0 spiro atoms. The van der Waals surface area contributed by atoms with Gasteiger partial charge in [0.2, 0.25) is 11.6 Å². The third-order valence-electron chi connectivity index (χ3n) is 29.7. The van der Waals surface area contributed by atoms with Crippen LogP contribution in [0.5, 0.6) is 0 Å². The first-order valence-electron chi connectivity index (χ1n) is 49.0. The number of ketones is 6. The molecule has 2 aliphatic carbocycles. The van der Waals surface area contributed by atoms with Crippen LogP contribution in [0.2, 0.25) is 0 Å². The Morgan fingerprint density at radius 1 is 0.463 bits per heavy atom. The predicted molar refractivity (Wildman–Crippen MR) is 501 cm³/mol. The number of fused-ring (bicyclic) bond motifs is 6. The van der Waals surface area contributed by atoms with Crippen LogP contribution in [-0.2, 0) is 95.3 Å². The van der Waals surface area contributed by atoms with Gasteiger partial charge < -0.3 is 82.7 Å². The average Bonchev–Trinajstić information content (AvgIpc) is 0.814. The first kappa shape index (κ1) is 112. The van der Waals surface area contributed by atoms with E-state index < -0.39 is 162 Å². The Hall–Kier alpha value is -7.63. The van der Waals surface area contributed by atoms with E-state index in [1.807, 2.05) is 116 Å². The number of hydrogen-bond donors (Lipinski definition) is 5. The first-order valence-corrected chi connectivity index (χ1v) is 49.0. The highest BCUT2D eigenvalue weighted by Crippen LogP contribution is 2.43. The Bertz CT molecular complexity index is 4310. The number of cyclic esters (lactones) is 2. The molecule has 0 aromatic carbocycles. The van der Waals surface area contributed by atoms with E-state index in [9.17, 15) is 73.5 Å². The highest BCUT2D eigenvalue weighted by molar-refractivity contribution is 6.39. The van der Waals surface area contributed by atoms with Crippen LogP contribution in [0.3, 0.4) is 0 Å². The highest BCUT2D eigenvalue weighted by atomic mass is 16.6. The van der Waals surface area contributed by atoms with E-state index in [-0.39, 0.29) is 116 Å². The number of nitrogens with zero attached hydrogens (tertiary/aromatic N) is 6. The predicted octanol–water partition coefficient (Wildman–Crippen LogP) is 12.2. The van der Waals surface area contributed by atoms with Crippen LogP contribution in [0, 0.1) is 71.0 Å². The Morgan fingerprint density at radius 2 is 0.873 bits per heavy atom. The van der Waals surface area contributed by atoms with Crippen molar-refractivity contribution in [2.24, 2.45) is 71.0 Å². The fourth-order valence-corrected chi connectivity index (χ4v) is 20.9. The minimum Gasteiger partial charge on any atom is -0.460 e. The SMILES string of the molecule is CO[C@H]1C[C@@H]2CC[C@@H](C)[C@@](O)(O2)C(=O)C(=O)N2CCCCC2C(=O)O[C@H]([C@H](C)CC2CC[C@@H](O)[C@H](OC)C2)CC(=O)[C@H](C)/C=C(\C)[C@@H](O)[C@@H](OC)C(=O)[C@H](C)C[C@H](C)/C=C/C=CC=C1C.CO[C@H]1C[C@@H]2CC[C@@H](C)[C@@](O)(O2)C(=O)C(=O)N2CCCCC2C(=O)O[C@H]([C@H](C)CC2CC[C@H](n3cnnn3)[C@H](OC)C2)CC(=O)[C@H](C)/C=C(\C)[C@@H](O)[C@@H](OC)C(=O)[C@H](C)C[C@H](C)/C=C/C=CC=C1C. The summed E-state index contributed by atoms with van der Waals surface area (Å²) in [4.78, 5) is 144. The zero-order valence-electron chi connectivity index (χ0n) is 83.1. The topological polar surface area (TPSA) is 414 Å². The Labute approximate surface area is 793 Å². The lowest BCUT2D eigenvalue weighted by Gasteiger charge is -2.42. The smallest absolute Gasteiger partial charge is 0.329 e. The number of Topliss-reactive ketones (excluding diaryl/α,β-unsaturated/α-hetero) is 6. The lowest BCUT2D eigenvalue weighted by atomic mass is 9.77. The first-order chi connectivity index (χ1) is 63.6. The number of esters is 2. The number of aliphatic hydroxyl groups excluding tert-OH is 3. The maximum atomic E-state index is 14.5. The molecule has 7 heterocycles. The zero-order valence-corrected chi connectivity index (χ0v) is 83.1. The quantitative estimate of drug-likeness (QED) is 0.0695. The highest BCUT2D eigenvalue weighted by Gasteiger charge is 2.56. The number of aliphatic hydroxyl groups is 5. The molecule has 31 heteroatoms. The maximum absolute atomic E-state index is 14.5. The van der Waals surface area contributed by atoms with Gasteiger partial charge in [-0.1, -0.05) is 142 Å². The summed E-state index contributed by atoms with van der Waals surface area (Å²) in [6.07, 6.45) is 25.1. The summed E-state index contributed by atoms with van der Waals surface area (Å²) in [5.74, 6) is -15.9. The number of hydrogen-bond acceptors (Lipinski definition) is 28. The molecular formula is C103H158N6O25. The van der Waals surface area contributed by atoms with E-state index >= 15 is 0 Å². The lowest BCUT2D eigenvalue weighted by molar-refractivity contribution is -0.265. The number of carbonyl (C=O) groups excluding carboxylic acids is 10. The number of piperidine rings is 2. The van der Waals surface area contributed by atoms with Crippen molar-refractivity contribution in [3.05, 3.63) is 102 Å². The number of carbonyl (C=O) groups is 10. The van der Waals surface area contributed by atoms with Crippen molar-refractivity contribution in [2.75, 3.05) is 55.7 Å². The molecule has 6 fully saturated rings. The second-order valence-electron chi connectivity index (χ2n) is 40.0. The monoisotopic (exact) mass is 1880 g/mol. The van der Waals surface area contributed by atoms with Gasteiger partial charge >= 0.3 is 11.9 Å². The molecule has 2 amide bonds. The number of methoxy groups -OCH3 is 6. The van der Waals surface area contributed by atoms with Crippen molar-refractivity contribution in [1.29, 1.82) is 0 Å². The van der Waals surface area contributed by atoms with E-state index in [0.717, 1.165) is 30.4 Å². The molecule has 6 aliphatic heterocycles.